The highest BCUT2D eigenvalue weighted by Crippen LogP contribution is 2.29. The first-order valence-electron chi connectivity index (χ1n) is 11.8. The van der Waals surface area contributed by atoms with Gasteiger partial charge in [0.15, 0.2) is 0 Å². The summed E-state index contributed by atoms with van der Waals surface area (Å²) in [6.45, 7) is 4.46. The lowest BCUT2D eigenvalue weighted by Gasteiger charge is -2.37. The van der Waals surface area contributed by atoms with Gasteiger partial charge in [0.05, 0.1) is 6.67 Å². The summed E-state index contributed by atoms with van der Waals surface area (Å²) < 4.78 is 0. The molecule has 0 aliphatic carbocycles. The third-order valence-corrected chi connectivity index (χ3v) is 7.12. The SMILES string of the molecule is NCN=C(c1ccccc1Cl)C1CCN(C(=O)C2CCN(Cc3ccnc(N)c3)CC2)CC1. The fourth-order valence-corrected chi connectivity index (χ4v) is 5.25. The second kappa shape index (κ2) is 11.1. The number of hydrogen-bond donors (Lipinski definition) is 2. The molecule has 1 aromatic heterocycles. The molecular weight excluding hydrogens is 436 g/mol. The van der Waals surface area contributed by atoms with E-state index in [9.17, 15) is 4.79 Å². The molecule has 2 saturated heterocycles. The fourth-order valence-electron chi connectivity index (χ4n) is 5.02. The molecular formula is C25H33ClN6O. The lowest BCUT2D eigenvalue weighted by atomic mass is 9.86. The number of anilines is 1. The van der Waals surface area contributed by atoms with Gasteiger partial charge in [0, 0.05) is 54.0 Å². The Morgan fingerprint density at radius 1 is 1.06 bits per heavy atom. The van der Waals surface area contributed by atoms with Crippen molar-refractivity contribution in [2.45, 2.75) is 32.2 Å². The van der Waals surface area contributed by atoms with Crippen molar-refractivity contribution in [3.05, 3.63) is 58.7 Å². The predicted octanol–water partition coefficient (Wildman–Crippen LogP) is 3.17. The number of aliphatic imine (C=N–C) groups is 1. The topological polar surface area (TPSA) is 101 Å². The molecule has 176 valence electrons. The zero-order valence-corrected chi connectivity index (χ0v) is 19.8. The Morgan fingerprint density at radius 2 is 1.76 bits per heavy atom. The van der Waals surface area contributed by atoms with Gasteiger partial charge in [-0.1, -0.05) is 29.8 Å². The van der Waals surface area contributed by atoms with E-state index in [0.29, 0.717) is 16.7 Å². The number of aromatic nitrogens is 1. The van der Waals surface area contributed by atoms with E-state index in [1.807, 2.05) is 41.3 Å². The average molecular weight is 469 g/mol. The molecule has 0 radical (unpaired) electrons. The molecule has 0 saturated carbocycles. The van der Waals surface area contributed by atoms with E-state index < -0.39 is 0 Å². The van der Waals surface area contributed by atoms with E-state index in [1.165, 1.54) is 5.56 Å². The Kier molecular flexibility index (Phi) is 7.96. The van der Waals surface area contributed by atoms with Crippen molar-refractivity contribution in [2.24, 2.45) is 22.6 Å². The van der Waals surface area contributed by atoms with Crippen LogP contribution in [0.25, 0.3) is 0 Å². The van der Waals surface area contributed by atoms with Gasteiger partial charge in [0.25, 0.3) is 0 Å². The Hall–Kier alpha value is -2.48. The standard InChI is InChI=1S/C25H33ClN6O/c26-22-4-2-1-3-21(22)24(30-17-27)19-8-13-32(14-9-19)25(33)20-6-11-31(12-7-20)16-18-5-10-29-23(28)15-18/h1-5,10,15,19-20H,6-9,11-14,16-17,27H2,(H2,28,29). The summed E-state index contributed by atoms with van der Waals surface area (Å²) in [5.41, 5.74) is 14.6. The molecule has 0 unspecified atom stereocenters. The predicted molar refractivity (Wildman–Crippen MR) is 133 cm³/mol. The summed E-state index contributed by atoms with van der Waals surface area (Å²) in [6.07, 6.45) is 5.33. The summed E-state index contributed by atoms with van der Waals surface area (Å²) in [5, 5.41) is 0.699. The zero-order valence-electron chi connectivity index (χ0n) is 19.0. The number of carbonyl (C=O) groups excluding carboxylic acids is 1. The Balaban J connectivity index is 1.29. The molecule has 2 aliphatic heterocycles. The number of nitrogen functional groups attached to an aromatic ring is 1. The number of amides is 1. The van der Waals surface area contributed by atoms with Gasteiger partial charge in [-0.25, -0.2) is 4.98 Å². The molecule has 33 heavy (non-hydrogen) atoms. The van der Waals surface area contributed by atoms with Crippen LogP contribution < -0.4 is 11.5 Å². The molecule has 2 aromatic rings. The van der Waals surface area contributed by atoms with Crippen LogP contribution in [-0.4, -0.2) is 59.3 Å². The molecule has 4 N–H and O–H groups in total. The smallest absolute Gasteiger partial charge is 0.225 e. The maximum Gasteiger partial charge on any atom is 0.225 e. The molecule has 7 nitrogen and oxygen atoms in total. The van der Waals surface area contributed by atoms with Gasteiger partial charge >= 0.3 is 0 Å². The van der Waals surface area contributed by atoms with Crippen molar-refractivity contribution < 1.29 is 4.79 Å². The van der Waals surface area contributed by atoms with Gasteiger partial charge in [-0.15, -0.1) is 0 Å². The highest BCUT2D eigenvalue weighted by Gasteiger charge is 2.32. The Morgan fingerprint density at radius 3 is 2.42 bits per heavy atom. The third kappa shape index (κ3) is 5.91. The number of nitrogens with zero attached hydrogens (tertiary/aromatic N) is 4. The summed E-state index contributed by atoms with van der Waals surface area (Å²) in [5.74, 6) is 1.24. The number of pyridine rings is 1. The van der Waals surface area contributed by atoms with Crippen molar-refractivity contribution in [1.29, 1.82) is 0 Å². The number of rotatable bonds is 6. The maximum absolute atomic E-state index is 13.2. The van der Waals surface area contributed by atoms with Crippen LogP contribution in [0.1, 0.15) is 36.8 Å². The van der Waals surface area contributed by atoms with Gasteiger partial charge in [-0.05, 0) is 62.5 Å². The van der Waals surface area contributed by atoms with E-state index in [1.54, 1.807) is 6.20 Å². The van der Waals surface area contributed by atoms with Crippen LogP contribution in [0, 0.1) is 11.8 Å². The number of hydrogen-bond acceptors (Lipinski definition) is 6. The van der Waals surface area contributed by atoms with Crippen LogP contribution in [-0.2, 0) is 11.3 Å². The Bertz CT molecular complexity index is 980. The number of carbonyl (C=O) groups is 1. The normalized spacial score (nSPS) is 19.1. The molecule has 4 rings (SSSR count). The van der Waals surface area contributed by atoms with Gasteiger partial charge in [-0.3, -0.25) is 14.7 Å². The third-order valence-electron chi connectivity index (χ3n) is 6.79. The largest absolute Gasteiger partial charge is 0.384 e. The minimum Gasteiger partial charge on any atom is -0.384 e. The number of benzene rings is 1. The number of halogens is 1. The first-order chi connectivity index (χ1) is 16.0. The van der Waals surface area contributed by atoms with Crippen LogP contribution >= 0.6 is 11.6 Å². The lowest BCUT2D eigenvalue weighted by molar-refractivity contribution is -0.138. The Labute approximate surface area is 200 Å². The van der Waals surface area contributed by atoms with Gasteiger partial charge in [0.1, 0.15) is 5.82 Å². The van der Waals surface area contributed by atoms with E-state index in [4.69, 9.17) is 23.1 Å². The second-order valence-corrected chi connectivity index (χ2v) is 9.35. The molecule has 1 amide bonds. The van der Waals surface area contributed by atoms with Crippen LogP contribution in [0.4, 0.5) is 5.82 Å². The molecule has 2 aliphatic rings. The van der Waals surface area contributed by atoms with E-state index >= 15 is 0 Å². The lowest BCUT2D eigenvalue weighted by Crippen LogP contribution is -2.46. The second-order valence-electron chi connectivity index (χ2n) is 8.94. The molecule has 1 aromatic carbocycles. The monoisotopic (exact) mass is 468 g/mol. The van der Waals surface area contributed by atoms with Crippen molar-refractivity contribution in [3.63, 3.8) is 0 Å². The quantitative estimate of drug-likeness (QED) is 0.634. The van der Waals surface area contributed by atoms with E-state index in [0.717, 1.165) is 69.7 Å². The first-order valence-corrected chi connectivity index (χ1v) is 12.1. The van der Waals surface area contributed by atoms with Crippen LogP contribution in [0.3, 0.4) is 0 Å². The fraction of sp³-hybridized carbons (Fsp3) is 0.480. The number of likely N-dealkylation sites (tertiary alicyclic amines) is 2. The van der Waals surface area contributed by atoms with Crippen molar-refractivity contribution in [1.82, 2.24) is 14.8 Å². The zero-order chi connectivity index (χ0) is 23.2. The average Bonchev–Trinajstić information content (AvgIpc) is 2.83. The minimum absolute atomic E-state index is 0.112. The maximum atomic E-state index is 13.2. The molecule has 0 atom stereocenters. The summed E-state index contributed by atoms with van der Waals surface area (Å²) >= 11 is 6.43. The highest BCUT2D eigenvalue weighted by atomic mass is 35.5. The van der Waals surface area contributed by atoms with Gasteiger partial charge in [0.2, 0.25) is 5.91 Å². The van der Waals surface area contributed by atoms with E-state index in [-0.39, 0.29) is 18.5 Å². The first kappa shape index (κ1) is 23.7. The molecule has 8 heteroatoms. The van der Waals surface area contributed by atoms with Crippen LogP contribution in [0.5, 0.6) is 0 Å². The molecule has 0 spiro atoms. The van der Waals surface area contributed by atoms with Gasteiger partial charge < -0.3 is 16.4 Å². The van der Waals surface area contributed by atoms with Crippen molar-refractivity contribution in [2.75, 3.05) is 38.6 Å². The summed E-state index contributed by atoms with van der Waals surface area (Å²) in [6, 6.07) is 11.7. The highest BCUT2D eigenvalue weighted by molar-refractivity contribution is 6.34. The number of piperidine rings is 2. The van der Waals surface area contributed by atoms with Crippen LogP contribution in [0.2, 0.25) is 5.02 Å². The van der Waals surface area contributed by atoms with E-state index in [2.05, 4.69) is 14.9 Å². The van der Waals surface area contributed by atoms with Crippen molar-refractivity contribution >= 4 is 29.0 Å². The van der Waals surface area contributed by atoms with Crippen LogP contribution in [0.15, 0.2) is 47.6 Å². The van der Waals surface area contributed by atoms with Crippen molar-refractivity contribution in [3.8, 4) is 0 Å². The minimum atomic E-state index is 0.112. The molecule has 2 fully saturated rings. The molecule has 0 bridgehead atoms. The van der Waals surface area contributed by atoms with Gasteiger partial charge in [-0.2, -0.15) is 0 Å². The number of nitrogens with two attached hydrogens (primary N) is 2. The summed E-state index contributed by atoms with van der Waals surface area (Å²) in [4.78, 5) is 26.3. The summed E-state index contributed by atoms with van der Waals surface area (Å²) in [7, 11) is 0. The molecule has 3 heterocycles.